The summed E-state index contributed by atoms with van der Waals surface area (Å²) in [5.41, 5.74) is 1.75. The Morgan fingerprint density at radius 3 is 2.33 bits per heavy atom. The molecule has 1 aromatic heterocycles. The molecule has 0 spiro atoms. The molecule has 2 amide bonds. The van der Waals surface area contributed by atoms with Crippen LogP contribution in [0.4, 0.5) is 18.3 Å². The molecule has 2 aromatic carbocycles. The van der Waals surface area contributed by atoms with Crippen LogP contribution in [0.25, 0.3) is 11.3 Å². The molecule has 0 unspecified atom stereocenters. The number of alkyl halides is 3. The number of rotatable bonds is 7. The monoisotopic (exact) mass is 477 g/mol. The van der Waals surface area contributed by atoms with E-state index in [2.05, 4.69) is 15.6 Å². The maximum atomic E-state index is 12.6. The Morgan fingerprint density at radius 2 is 1.70 bits per heavy atom. The van der Waals surface area contributed by atoms with Gasteiger partial charge in [0.2, 0.25) is 0 Å². The van der Waals surface area contributed by atoms with Crippen LogP contribution in [0.3, 0.4) is 0 Å². The van der Waals surface area contributed by atoms with E-state index in [1.165, 1.54) is 11.3 Å². The second-order valence-electron chi connectivity index (χ2n) is 6.87. The molecule has 0 atom stereocenters. The highest BCUT2D eigenvalue weighted by Crippen LogP contribution is 2.29. The van der Waals surface area contributed by atoms with Crippen molar-refractivity contribution in [3.05, 3.63) is 70.6 Å². The number of esters is 1. The van der Waals surface area contributed by atoms with E-state index in [-0.39, 0.29) is 5.56 Å². The highest BCUT2D eigenvalue weighted by atomic mass is 32.1. The van der Waals surface area contributed by atoms with Crippen LogP contribution < -0.4 is 10.6 Å². The molecule has 0 bridgehead atoms. The number of ether oxygens (including phenoxy) is 1. The molecule has 0 fully saturated rings. The zero-order chi connectivity index (χ0) is 24.0. The average molecular weight is 477 g/mol. The van der Waals surface area contributed by atoms with Crippen LogP contribution in [0.5, 0.6) is 0 Å². The summed E-state index contributed by atoms with van der Waals surface area (Å²) >= 11 is 1.21. The Morgan fingerprint density at radius 1 is 1.03 bits per heavy atom. The van der Waals surface area contributed by atoms with Gasteiger partial charge in [-0.15, -0.1) is 11.3 Å². The summed E-state index contributed by atoms with van der Waals surface area (Å²) < 4.78 is 42.5. The first-order valence-corrected chi connectivity index (χ1v) is 10.4. The number of hydrogen-bond acceptors (Lipinski definition) is 6. The minimum Gasteiger partial charge on any atom is -0.454 e. The molecule has 2 N–H and O–H groups in total. The molecule has 33 heavy (non-hydrogen) atoms. The standard InChI is InChI=1S/C22H18F3N3O4S/c1-13-2-4-14(5-3-13)17-12-33-21(27-17)28-18(29)11-32-19(30)10-26-20(31)15-6-8-16(9-7-15)22(23,24)25/h2-9,12H,10-11H2,1H3,(H,26,31)(H,27,28,29). The molecule has 172 valence electrons. The first-order chi connectivity index (χ1) is 15.6. The van der Waals surface area contributed by atoms with E-state index < -0.39 is 42.7 Å². The van der Waals surface area contributed by atoms with Gasteiger partial charge in [0.05, 0.1) is 11.3 Å². The van der Waals surface area contributed by atoms with Crippen molar-refractivity contribution in [1.29, 1.82) is 0 Å². The number of thiazole rings is 1. The van der Waals surface area contributed by atoms with Gasteiger partial charge in [-0.05, 0) is 31.2 Å². The Kier molecular flexibility index (Phi) is 7.44. The first kappa shape index (κ1) is 23.9. The van der Waals surface area contributed by atoms with Crippen LogP contribution in [0.2, 0.25) is 0 Å². The molecule has 11 heteroatoms. The summed E-state index contributed by atoms with van der Waals surface area (Å²) in [4.78, 5) is 40.0. The number of aromatic nitrogens is 1. The minimum atomic E-state index is -4.51. The maximum absolute atomic E-state index is 12.6. The number of carbonyl (C=O) groups excluding carboxylic acids is 3. The van der Waals surface area contributed by atoms with Gasteiger partial charge in [0.25, 0.3) is 11.8 Å². The number of amides is 2. The molecule has 3 rings (SSSR count). The van der Waals surface area contributed by atoms with Gasteiger partial charge >= 0.3 is 12.1 Å². The number of anilines is 1. The van der Waals surface area contributed by atoms with Crippen molar-refractivity contribution in [2.24, 2.45) is 0 Å². The van der Waals surface area contributed by atoms with E-state index in [9.17, 15) is 27.6 Å². The minimum absolute atomic E-state index is 0.0540. The third-order valence-electron chi connectivity index (χ3n) is 4.33. The van der Waals surface area contributed by atoms with Crippen molar-refractivity contribution in [1.82, 2.24) is 10.3 Å². The lowest BCUT2D eigenvalue weighted by Gasteiger charge is -2.08. The second-order valence-corrected chi connectivity index (χ2v) is 7.73. The fourth-order valence-corrected chi connectivity index (χ4v) is 3.34. The summed E-state index contributed by atoms with van der Waals surface area (Å²) in [6, 6.07) is 11.2. The molecule has 0 aliphatic heterocycles. The Hall–Kier alpha value is -3.73. The van der Waals surface area contributed by atoms with Gasteiger partial charge in [-0.1, -0.05) is 29.8 Å². The molecular formula is C22H18F3N3O4S. The molecule has 1 heterocycles. The van der Waals surface area contributed by atoms with Gasteiger partial charge in [0.1, 0.15) is 6.54 Å². The van der Waals surface area contributed by atoms with Crippen LogP contribution >= 0.6 is 11.3 Å². The molecule has 0 saturated heterocycles. The van der Waals surface area contributed by atoms with Crippen LogP contribution in [0.15, 0.2) is 53.9 Å². The third kappa shape index (κ3) is 6.88. The Bertz CT molecular complexity index is 1140. The van der Waals surface area contributed by atoms with E-state index in [1.807, 2.05) is 31.2 Å². The van der Waals surface area contributed by atoms with Crippen molar-refractivity contribution in [2.75, 3.05) is 18.5 Å². The zero-order valence-electron chi connectivity index (χ0n) is 17.2. The zero-order valence-corrected chi connectivity index (χ0v) is 18.0. The molecule has 0 aliphatic carbocycles. The summed E-state index contributed by atoms with van der Waals surface area (Å²) in [6.45, 7) is 0.828. The van der Waals surface area contributed by atoms with Crippen LogP contribution in [-0.4, -0.2) is 35.9 Å². The van der Waals surface area contributed by atoms with Gasteiger partial charge in [-0.3, -0.25) is 19.7 Å². The summed E-state index contributed by atoms with van der Waals surface area (Å²) in [5.74, 6) is -2.25. The second kappa shape index (κ2) is 10.3. The van der Waals surface area contributed by atoms with Crippen molar-refractivity contribution >= 4 is 34.3 Å². The average Bonchev–Trinajstić information content (AvgIpc) is 3.24. The predicted octanol–water partition coefficient (Wildman–Crippen LogP) is 4.05. The van der Waals surface area contributed by atoms with Gasteiger partial charge in [0, 0.05) is 16.5 Å². The number of nitrogens with zero attached hydrogens (tertiary/aromatic N) is 1. The number of benzene rings is 2. The predicted molar refractivity (Wildman–Crippen MR) is 116 cm³/mol. The van der Waals surface area contributed by atoms with Crippen molar-refractivity contribution in [3.8, 4) is 11.3 Å². The van der Waals surface area contributed by atoms with E-state index in [0.717, 1.165) is 35.4 Å². The van der Waals surface area contributed by atoms with Crippen molar-refractivity contribution in [3.63, 3.8) is 0 Å². The topological polar surface area (TPSA) is 97.4 Å². The number of aryl methyl sites for hydroxylation is 1. The fraction of sp³-hybridized carbons (Fsp3) is 0.182. The van der Waals surface area contributed by atoms with E-state index in [4.69, 9.17) is 4.74 Å². The number of nitrogens with one attached hydrogen (secondary N) is 2. The highest BCUT2D eigenvalue weighted by Gasteiger charge is 2.30. The molecule has 0 saturated carbocycles. The SMILES string of the molecule is Cc1ccc(-c2csc(NC(=O)COC(=O)CNC(=O)c3ccc(C(F)(F)F)cc3)n2)cc1. The molecule has 7 nitrogen and oxygen atoms in total. The first-order valence-electron chi connectivity index (χ1n) is 9.55. The Labute approximate surface area is 190 Å². The molecule has 3 aromatic rings. The van der Waals surface area contributed by atoms with Gasteiger partial charge in [-0.25, -0.2) is 4.98 Å². The van der Waals surface area contributed by atoms with E-state index >= 15 is 0 Å². The Balaban J connectivity index is 1.42. The lowest BCUT2D eigenvalue weighted by Crippen LogP contribution is -2.32. The van der Waals surface area contributed by atoms with Crippen molar-refractivity contribution < 1.29 is 32.3 Å². The van der Waals surface area contributed by atoms with Crippen LogP contribution in [0, 0.1) is 6.92 Å². The van der Waals surface area contributed by atoms with E-state index in [1.54, 1.807) is 5.38 Å². The molecular weight excluding hydrogens is 459 g/mol. The lowest BCUT2D eigenvalue weighted by molar-refractivity contribution is -0.146. The largest absolute Gasteiger partial charge is 0.454 e. The third-order valence-corrected chi connectivity index (χ3v) is 5.09. The number of carbonyl (C=O) groups is 3. The normalized spacial score (nSPS) is 11.0. The smallest absolute Gasteiger partial charge is 0.416 e. The number of hydrogen-bond donors (Lipinski definition) is 2. The van der Waals surface area contributed by atoms with Crippen molar-refractivity contribution in [2.45, 2.75) is 13.1 Å². The summed E-state index contributed by atoms with van der Waals surface area (Å²) in [5, 5.41) is 6.85. The van der Waals surface area contributed by atoms with Crippen LogP contribution in [0.1, 0.15) is 21.5 Å². The highest BCUT2D eigenvalue weighted by molar-refractivity contribution is 7.14. The summed E-state index contributed by atoms with van der Waals surface area (Å²) in [6.07, 6.45) is -4.51. The van der Waals surface area contributed by atoms with Gasteiger partial charge in [0.15, 0.2) is 11.7 Å². The quantitative estimate of drug-likeness (QED) is 0.501. The lowest BCUT2D eigenvalue weighted by atomic mass is 10.1. The molecule has 0 aliphatic rings. The van der Waals surface area contributed by atoms with Crippen LogP contribution in [-0.2, 0) is 20.5 Å². The number of halogens is 3. The molecule has 0 radical (unpaired) electrons. The van der Waals surface area contributed by atoms with Gasteiger partial charge < -0.3 is 10.1 Å². The van der Waals surface area contributed by atoms with Gasteiger partial charge in [-0.2, -0.15) is 13.2 Å². The van der Waals surface area contributed by atoms with E-state index in [0.29, 0.717) is 10.8 Å². The summed E-state index contributed by atoms with van der Waals surface area (Å²) in [7, 11) is 0. The fourth-order valence-electron chi connectivity index (χ4n) is 2.61. The maximum Gasteiger partial charge on any atom is 0.416 e.